The molecule has 0 radical (unpaired) electrons. The summed E-state index contributed by atoms with van der Waals surface area (Å²) in [6, 6.07) is 6.50. The van der Waals surface area contributed by atoms with Gasteiger partial charge < -0.3 is 0 Å². The summed E-state index contributed by atoms with van der Waals surface area (Å²) >= 11 is 3.28. The van der Waals surface area contributed by atoms with Crippen molar-refractivity contribution < 1.29 is 8.42 Å². The minimum absolute atomic E-state index is 0.225. The zero-order valence-corrected chi connectivity index (χ0v) is 13.2. The molecule has 1 aliphatic carbocycles. The molecule has 2 rings (SSSR count). The van der Waals surface area contributed by atoms with Gasteiger partial charge >= 0.3 is 0 Å². The second-order valence-electron chi connectivity index (χ2n) is 4.80. The highest BCUT2D eigenvalue weighted by Crippen LogP contribution is 2.21. The van der Waals surface area contributed by atoms with E-state index < -0.39 is 10.0 Å². The molecule has 0 spiro atoms. The van der Waals surface area contributed by atoms with E-state index in [0.717, 1.165) is 29.4 Å². The second kappa shape index (κ2) is 6.05. The molecule has 1 N–H and O–H groups in total. The van der Waals surface area contributed by atoms with Crippen molar-refractivity contribution in [2.75, 3.05) is 0 Å². The molecule has 0 bridgehead atoms. The van der Waals surface area contributed by atoms with Crippen molar-refractivity contribution in [3.8, 4) is 0 Å². The summed E-state index contributed by atoms with van der Waals surface area (Å²) < 4.78 is 25.0. The van der Waals surface area contributed by atoms with Gasteiger partial charge in [-0.2, -0.15) is 13.5 Å². The Labute approximate surface area is 122 Å². The van der Waals surface area contributed by atoms with Crippen LogP contribution < -0.4 is 4.83 Å². The summed E-state index contributed by atoms with van der Waals surface area (Å²) in [6.45, 7) is 2.09. The predicted octanol–water partition coefficient (Wildman–Crippen LogP) is 3.29. The first kappa shape index (κ1) is 14.5. The smallest absolute Gasteiger partial charge is 0.200 e. The fourth-order valence-electron chi connectivity index (χ4n) is 2.12. The van der Waals surface area contributed by atoms with Gasteiger partial charge in [0.2, 0.25) is 0 Å². The molecule has 1 saturated carbocycles. The molecule has 6 heteroatoms. The first-order chi connectivity index (χ1) is 8.99. The van der Waals surface area contributed by atoms with Gasteiger partial charge in [-0.05, 0) is 49.4 Å². The van der Waals surface area contributed by atoms with E-state index in [-0.39, 0.29) is 4.90 Å². The van der Waals surface area contributed by atoms with Crippen molar-refractivity contribution >= 4 is 31.7 Å². The van der Waals surface area contributed by atoms with E-state index >= 15 is 0 Å². The van der Waals surface area contributed by atoms with Crippen LogP contribution in [0.2, 0.25) is 0 Å². The largest absolute Gasteiger partial charge is 0.276 e. The van der Waals surface area contributed by atoms with Crippen molar-refractivity contribution in [1.82, 2.24) is 4.83 Å². The average Bonchev–Trinajstić information content (AvgIpc) is 2.38. The molecule has 4 nitrogen and oxygen atoms in total. The Hall–Kier alpha value is -0.880. The van der Waals surface area contributed by atoms with E-state index in [2.05, 4.69) is 32.8 Å². The van der Waals surface area contributed by atoms with E-state index in [1.54, 1.807) is 24.3 Å². The number of benzene rings is 1. The minimum Gasteiger partial charge on any atom is -0.200 e. The molecule has 1 atom stereocenters. The first-order valence-electron chi connectivity index (χ1n) is 6.33. The Morgan fingerprint density at radius 3 is 2.58 bits per heavy atom. The number of hydrogen-bond acceptors (Lipinski definition) is 3. The van der Waals surface area contributed by atoms with Gasteiger partial charge in [0.1, 0.15) is 0 Å². The molecular formula is C13H17BrN2O2S. The average molecular weight is 345 g/mol. The maximum absolute atomic E-state index is 12.1. The van der Waals surface area contributed by atoms with Gasteiger partial charge in [-0.1, -0.05) is 29.3 Å². The fraction of sp³-hybridized carbons (Fsp3) is 0.462. The number of rotatable bonds is 3. The van der Waals surface area contributed by atoms with Crippen LogP contribution in [0.15, 0.2) is 38.7 Å². The molecule has 0 aromatic heterocycles. The van der Waals surface area contributed by atoms with Crippen LogP contribution in [0, 0.1) is 5.92 Å². The molecule has 0 saturated heterocycles. The van der Waals surface area contributed by atoms with Crippen LogP contribution >= 0.6 is 15.9 Å². The third kappa shape index (κ3) is 3.79. The van der Waals surface area contributed by atoms with Crippen LogP contribution in [0.5, 0.6) is 0 Å². The number of sulfonamides is 1. The van der Waals surface area contributed by atoms with Gasteiger partial charge in [0.15, 0.2) is 0 Å². The molecule has 0 amide bonds. The Bertz CT molecular complexity index is 567. The lowest BCUT2D eigenvalue weighted by Crippen LogP contribution is -2.24. The van der Waals surface area contributed by atoms with E-state index in [0.29, 0.717) is 5.92 Å². The SMILES string of the molecule is CC1CCCC/C1=N/NS(=O)(=O)c1ccc(Br)cc1. The predicted molar refractivity (Wildman–Crippen MR) is 79.5 cm³/mol. The standard InChI is InChI=1S/C13H17BrN2O2S/c1-10-4-2-3-5-13(10)15-16-19(17,18)12-8-6-11(14)7-9-12/h6-10,16H,2-5H2,1H3/b15-13-. The second-order valence-corrected chi connectivity index (χ2v) is 7.38. The monoisotopic (exact) mass is 344 g/mol. The molecular weight excluding hydrogens is 328 g/mol. The normalized spacial score (nSPS) is 22.4. The molecule has 1 fully saturated rings. The van der Waals surface area contributed by atoms with Gasteiger partial charge in [-0.25, -0.2) is 4.83 Å². The van der Waals surface area contributed by atoms with Crippen LogP contribution in [-0.2, 0) is 10.0 Å². The maximum Gasteiger partial charge on any atom is 0.276 e. The number of nitrogens with one attached hydrogen (secondary N) is 1. The number of nitrogens with zero attached hydrogens (tertiary/aromatic N) is 1. The molecule has 0 heterocycles. The Balaban J connectivity index is 2.13. The Morgan fingerprint density at radius 1 is 1.26 bits per heavy atom. The van der Waals surface area contributed by atoms with Crippen LogP contribution in [0.3, 0.4) is 0 Å². The lowest BCUT2D eigenvalue weighted by Gasteiger charge is -2.19. The molecule has 1 aromatic rings. The third-order valence-corrected chi connectivity index (χ3v) is 5.08. The van der Waals surface area contributed by atoms with Gasteiger partial charge in [-0.15, -0.1) is 0 Å². The highest BCUT2D eigenvalue weighted by molar-refractivity contribution is 9.10. The van der Waals surface area contributed by atoms with Crippen molar-refractivity contribution in [3.63, 3.8) is 0 Å². The summed E-state index contributed by atoms with van der Waals surface area (Å²) in [4.78, 5) is 2.57. The van der Waals surface area contributed by atoms with E-state index in [4.69, 9.17) is 0 Å². The van der Waals surface area contributed by atoms with Gasteiger partial charge in [0.05, 0.1) is 4.90 Å². The Kier molecular flexibility index (Phi) is 4.62. The minimum atomic E-state index is -3.56. The van der Waals surface area contributed by atoms with Crippen molar-refractivity contribution in [3.05, 3.63) is 28.7 Å². The first-order valence-corrected chi connectivity index (χ1v) is 8.60. The van der Waals surface area contributed by atoms with Crippen LogP contribution in [0.25, 0.3) is 0 Å². The fourth-order valence-corrected chi connectivity index (χ4v) is 3.22. The van der Waals surface area contributed by atoms with Crippen LogP contribution in [0.4, 0.5) is 0 Å². The van der Waals surface area contributed by atoms with Crippen molar-refractivity contribution in [1.29, 1.82) is 0 Å². The highest BCUT2D eigenvalue weighted by atomic mass is 79.9. The summed E-state index contributed by atoms with van der Waals surface area (Å²) in [6.07, 6.45) is 4.24. The van der Waals surface area contributed by atoms with Gasteiger partial charge in [0.25, 0.3) is 10.0 Å². The number of halogens is 1. The number of hydrazone groups is 1. The van der Waals surface area contributed by atoms with E-state index in [1.165, 1.54) is 6.42 Å². The summed E-state index contributed by atoms with van der Waals surface area (Å²) in [5.74, 6) is 0.362. The molecule has 1 unspecified atom stereocenters. The lowest BCUT2D eigenvalue weighted by molar-refractivity contribution is 0.552. The van der Waals surface area contributed by atoms with E-state index in [1.807, 2.05) is 0 Å². The molecule has 104 valence electrons. The molecule has 1 aromatic carbocycles. The molecule has 0 aliphatic heterocycles. The Morgan fingerprint density at radius 2 is 1.95 bits per heavy atom. The van der Waals surface area contributed by atoms with Crippen molar-refractivity contribution in [2.24, 2.45) is 11.0 Å². The van der Waals surface area contributed by atoms with E-state index in [9.17, 15) is 8.42 Å². The number of hydrogen-bond donors (Lipinski definition) is 1. The zero-order chi connectivity index (χ0) is 13.9. The third-order valence-electron chi connectivity index (χ3n) is 3.32. The van der Waals surface area contributed by atoms with Crippen LogP contribution in [0.1, 0.15) is 32.6 Å². The molecule has 19 heavy (non-hydrogen) atoms. The molecule has 1 aliphatic rings. The maximum atomic E-state index is 12.1. The topological polar surface area (TPSA) is 58.5 Å². The zero-order valence-electron chi connectivity index (χ0n) is 10.8. The summed E-state index contributed by atoms with van der Waals surface area (Å²) in [5, 5.41) is 4.10. The highest BCUT2D eigenvalue weighted by Gasteiger charge is 2.18. The summed E-state index contributed by atoms with van der Waals surface area (Å²) in [5.41, 5.74) is 0.951. The quantitative estimate of drug-likeness (QED) is 0.855. The van der Waals surface area contributed by atoms with Crippen LogP contribution in [-0.4, -0.2) is 14.1 Å². The van der Waals surface area contributed by atoms with Crippen molar-refractivity contribution in [2.45, 2.75) is 37.5 Å². The lowest BCUT2D eigenvalue weighted by atomic mass is 9.89. The summed E-state index contributed by atoms with van der Waals surface area (Å²) in [7, 11) is -3.56. The van der Waals surface area contributed by atoms with Gasteiger partial charge in [0, 0.05) is 10.2 Å². The van der Waals surface area contributed by atoms with Gasteiger partial charge in [-0.3, -0.25) is 0 Å².